The van der Waals surface area contributed by atoms with E-state index in [-0.39, 0.29) is 28.1 Å². The maximum atomic E-state index is 12.8. The van der Waals surface area contributed by atoms with Crippen molar-refractivity contribution in [3.63, 3.8) is 0 Å². The first-order valence-electron chi connectivity index (χ1n) is 9.85. The lowest BCUT2D eigenvalue weighted by molar-refractivity contribution is 0.0430. The van der Waals surface area contributed by atoms with Crippen LogP contribution in [-0.2, 0) is 16.0 Å². The molecule has 1 aromatic carbocycles. The van der Waals surface area contributed by atoms with Gasteiger partial charge in [-0.3, -0.25) is 4.79 Å². The number of imide groups is 1. The van der Waals surface area contributed by atoms with E-state index in [1.807, 2.05) is 0 Å². The largest absolute Gasteiger partial charge is 0.443 e. The number of nitrogens with zero attached hydrogens (tertiary/aromatic N) is 3. The highest BCUT2D eigenvalue weighted by molar-refractivity contribution is 6.32. The average molecular weight is 484 g/mol. The number of hydrogen-bond acceptors (Lipinski definition) is 6. The Balaban J connectivity index is 2.43. The van der Waals surface area contributed by atoms with Gasteiger partial charge in [0, 0.05) is 5.02 Å². The Bertz CT molecular complexity index is 1010. The van der Waals surface area contributed by atoms with Crippen LogP contribution in [0.1, 0.15) is 63.4 Å². The first-order valence-corrected chi connectivity index (χ1v) is 10.6. The highest BCUT2D eigenvalue weighted by Gasteiger charge is 2.33. The van der Waals surface area contributed by atoms with Gasteiger partial charge in [0.05, 0.1) is 12.2 Å². The highest BCUT2D eigenvalue weighted by Crippen LogP contribution is 2.28. The van der Waals surface area contributed by atoms with Gasteiger partial charge in [-0.2, -0.15) is 4.90 Å². The van der Waals surface area contributed by atoms with Crippen molar-refractivity contribution in [2.75, 3.05) is 4.90 Å². The number of ether oxygens (including phenoxy) is 2. The van der Waals surface area contributed by atoms with Crippen molar-refractivity contribution >= 4 is 47.4 Å². The number of halogens is 2. The third-order valence-electron chi connectivity index (χ3n) is 4.04. The Morgan fingerprint density at radius 2 is 1.59 bits per heavy atom. The number of aldehydes is 1. The van der Waals surface area contributed by atoms with E-state index < -0.39 is 23.4 Å². The van der Waals surface area contributed by atoms with Gasteiger partial charge >= 0.3 is 12.2 Å². The van der Waals surface area contributed by atoms with Crippen LogP contribution in [0.25, 0.3) is 0 Å². The van der Waals surface area contributed by atoms with Crippen LogP contribution in [0.4, 0.5) is 15.3 Å². The maximum absolute atomic E-state index is 12.8. The second kappa shape index (κ2) is 9.50. The quantitative estimate of drug-likeness (QED) is 0.492. The molecule has 0 bridgehead atoms. The number of aryl methyl sites for hydroxylation is 1. The van der Waals surface area contributed by atoms with E-state index in [0.717, 1.165) is 4.90 Å². The minimum atomic E-state index is -0.893. The number of rotatable bonds is 4. The van der Waals surface area contributed by atoms with Crippen molar-refractivity contribution in [1.82, 2.24) is 9.55 Å². The Hall–Kier alpha value is -2.58. The molecule has 0 N–H and O–H groups in total. The number of carbonyl (C=O) groups is 3. The minimum Gasteiger partial charge on any atom is -0.443 e. The van der Waals surface area contributed by atoms with Crippen LogP contribution in [0, 0.1) is 6.92 Å². The van der Waals surface area contributed by atoms with Crippen LogP contribution in [0.5, 0.6) is 0 Å². The molecule has 2 amide bonds. The molecule has 2 rings (SSSR count). The molecule has 0 aliphatic carbocycles. The summed E-state index contributed by atoms with van der Waals surface area (Å²) in [5, 5.41) is 0.368. The molecule has 2 aromatic rings. The third kappa shape index (κ3) is 6.46. The Morgan fingerprint density at radius 1 is 1.06 bits per heavy atom. The van der Waals surface area contributed by atoms with Crippen LogP contribution in [0.3, 0.4) is 0 Å². The summed E-state index contributed by atoms with van der Waals surface area (Å²) in [6.07, 6.45) is -1.16. The molecule has 32 heavy (non-hydrogen) atoms. The van der Waals surface area contributed by atoms with Crippen molar-refractivity contribution < 1.29 is 23.9 Å². The van der Waals surface area contributed by atoms with Gasteiger partial charge in [0.15, 0.2) is 11.4 Å². The molecule has 0 aliphatic heterocycles. The Morgan fingerprint density at radius 3 is 2.03 bits per heavy atom. The molecular weight excluding hydrogens is 457 g/mol. The van der Waals surface area contributed by atoms with Gasteiger partial charge in [-0.15, -0.1) is 0 Å². The Kier molecular flexibility index (Phi) is 7.63. The normalized spacial score (nSPS) is 11.8. The van der Waals surface area contributed by atoms with E-state index in [2.05, 4.69) is 4.98 Å². The van der Waals surface area contributed by atoms with Crippen molar-refractivity contribution in [1.29, 1.82) is 0 Å². The van der Waals surface area contributed by atoms with Crippen LogP contribution < -0.4 is 4.90 Å². The molecule has 0 saturated heterocycles. The Labute approximate surface area is 197 Å². The molecular formula is C22H27Cl2N3O5. The smallest absolute Gasteiger partial charge is 0.424 e. The van der Waals surface area contributed by atoms with Gasteiger partial charge in [0.2, 0.25) is 0 Å². The second-order valence-corrected chi connectivity index (χ2v) is 9.88. The van der Waals surface area contributed by atoms with Gasteiger partial charge in [-0.05, 0) is 66.2 Å². The average Bonchev–Trinajstić information content (AvgIpc) is 2.86. The maximum Gasteiger partial charge on any atom is 0.424 e. The summed E-state index contributed by atoms with van der Waals surface area (Å²) < 4.78 is 12.4. The number of aromatic nitrogens is 2. The monoisotopic (exact) mass is 483 g/mol. The first kappa shape index (κ1) is 25.7. The van der Waals surface area contributed by atoms with E-state index in [9.17, 15) is 14.4 Å². The van der Waals surface area contributed by atoms with Gasteiger partial charge in [0.1, 0.15) is 22.7 Å². The summed E-state index contributed by atoms with van der Waals surface area (Å²) in [5.41, 5.74) is -0.620. The second-order valence-electron chi connectivity index (χ2n) is 9.11. The fourth-order valence-electron chi connectivity index (χ4n) is 2.73. The summed E-state index contributed by atoms with van der Waals surface area (Å²) in [7, 11) is 0. The number of carbonyl (C=O) groups excluding carboxylic acids is 3. The molecule has 0 atom stereocenters. The fraction of sp³-hybridized carbons (Fsp3) is 0.455. The summed E-state index contributed by atoms with van der Waals surface area (Å²) in [6, 6.07) is 4.64. The van der Waals surface area contributed by atoms with Crippen molar-refractivity contribution in [3.8, 4) is 0 Å². The molecule has 1 aromatic heterocycles. The van der Waals surface area contributed by atoms with Gasteiger partial charge < -0.3 is 14.0 Å². The molecule has 0 spiro atoms. The SMILES string of the molecule is Cc1nc(Cl)c(C=O)n1Cc1ccc(N(C(=O)OC(C)(C)C)C(=O)OC(C)(C)C)cc1Cl. The zero-order chi connectivity index (χ0) is 24.4. The minimum absolute atomic E-state index is 0.103. The molecule has 10 heteroatoms. The van der Waals surface area contributed by atoms with Crippen molar-refractivity contribution in [3.05, 3.63) is 45.5 Å². The van der Waals surface area contributed by atoms with E-state index >= 15 is 0 Å². The summed E-state index contributed by atoms with van der Waals surface area (Å²) in [4.78, 5) is 41.9. The fourth-order valence-corrected chi connectivity index (χ4v) is 3.24. The van der Waals surface area contributed by atoms with Crippen LogP contribution in [0.15, 0.2) is 18.2 Å². The zero-order valence-corrected chi connectivity index (χ0v) is 20.7. The summed E-state index contributed by atoms with van der Waals surface area (Å²) >= 11 is 12.5. The third-order valence-corrected chi connectivity index (χ3v) is 4.67. The van der Waals surface area contributed by atoms with Crippen molar-refractivity contribution in [2.45, 2.75) is 66.2 Å². The van der Waals surface area contributed by atoms with Crippen LogP contribution in [-0.4, -0.2) is 39.2 Å². The summed E-state index contributed by atoms with van der Waals surface area (Å²) in [5.74, 6) is 0.543. The van der Waals surface area contributed by atoms with E-state index in [1.54, 1.807) is 65.2 Å². The number of hydrogen-bond donors (Lipinski definition) is 0. The van der Waals surface area contributed by atoms with Crippen LogP contribution >= 0.6 is 23.2 Å². The molecule has 1 heterocycles. The predicted molar refractivity (Wildman–Crippen MR) is 123 cm³/mol. The van der Waals surface area contributed by atoms with E-state index in [1.165, 1.54) is 6.07 Å². The molecule has 0 radical (unpaired) electrons. The standard InChI is InChI=1S/C22H27Cl2N3O5/c1-13-25-18(24)17(12-28)26(13)11-14-8-9-15(10-16(14)23)27(19(29)31-21(2,3)4)20(30)32-22(5,6)7/h8-10,12H,11H2,1-7H3. The molecule has 0 unspecified atom stereocenters. The first-order chi connectivity index (χ1) is 14.6. The number of imidazole rings is 1. The number of benzene rings is 1. The molecule has 8 nitrogen and oxygen atoms in total. The molecule has 0 saturated carbocycles. The molecule has 0 aliphatic rings. The van der Waals surface area contributed by atoms with Crippen LogP contribution in [0.2, 0.25) is 10.2 Å². The highest BCUT2D eigenvalue weighted by atomic mass is 35.5. The topological polar surface area (TPSA) is 90.7 Å². The van der Waals surface area contributed by atoms with Gasteiger partial charge in [-0.25, -0.2) is 14.6 Å². The lowest BCUT2D eigenvalue weighted by Crippen LogP contribution is -2.43. The number of anilines is 1. The van der Waals surface area contributed by atoms with Gasteiger partial charge in [0.25, 0.3) is 0 Å². The molecule has 174 valence electrons. The van der Waals surface area contributed by atoms with Crippen molar-refractivity contribution in [2.24, 2.45) is 0 Å². The molecule has 0 fully saturated rings. The lowest BCUT2D eigenvalue weighted by atomic mass is 10.1. The lowest BCUT2D eigenvalue weighted by Gasteiger charge is -2.28. The summed E-state index contributed by atoms with van der Waals surface area (Å²) in [6.45, 7) is 12.1. The zero-order valence-electron chi connectivity index (χ0n) is 19.2. The predicted octanol–water partition coefficient (Wildman–Crippen LogP) is 6.04. The van der Waals surface area contributed by atoms with E-state index in [4.69, 9.17) is 32.7 Å². The number of amides is 2. The van der Waals surface area contributed by atoms with Gasteiger partial charge in [-0.1, -0.05) is 29.3 Å². The van der Waals surface area contributed by atoms with E-state index in [0.29, 0.717) is 17.7 Å².